The number of unbranched alkanes of at least 4 members (excludes halogenated alkanes) is 1. The minimum Gasteiger partial charge on any atom is -0.414 e. The summed E-state index contributed by atoms with van der Waals surface area (Å²) < 4.78 is 6.91. The maximum absolute atomic E-state index is 10.7. The average molecular weight is 340 g/mol. The van der Waals surface area contributed by atoms with E-state index in [2.05, 4.69) is 45.7 Å². The molecule has 0 radical (unpaired) electrons. The Balaban J connectivity index is 1.85. The molecule has 6 atom stereocenters. The first-order chi connectivity index (χ1) is 10.6. The lowest BCUT2D eigenvalue weighted by Crippen LogP contribution is -2.58. The summed E-state index contributed by atoms with van der Waals surface area (Å²) in [7, 11) is -1.75. The van der Waals surface area contributed by atoms with E-state index >= 15 is 0 Å². The summed E-state index contributed by atoms with van der Waals surface area (Å²) >= 11 is 0. The molecule has 0 aromatic carbocycles. The molecule has 3 saturated heterocycles. The normalized spacial score (nSPS) is 43.2. The van der Waals surface area contributed by atoms with Crippen LogP contribution in [0.15, 0.2) is 0 Å². The van der Waals surface area contributed by atoms with Crippen LogP contribution in [-0.4, -0.2) is 42.2 Å². The van der Waals surface area contributed by atoms with E-state index in [9.17, 15) is 5.11 Å². The van der Waals surface area contributed by atoms with E-state index in [-0.39, 0.29) is 16.8 Å². The van der Waals surface area contributed by atoms with E-state index in [0.29, 0.717) is 18.1 Å². The number of hydrogen-bond acceptors (Lipinski definition) is 3. The Bertz CT molecular complexity index is 447. The second kappa shape index (κ2) is 5.82. The monoisotopic (exact) mass is 339 g/mol. The van der Waals surface area contributed by atoms with E-state index in [0.717, 1.165) is 12.8 Å². The van der Waals surface area contributed by atoms with Gasteiger partial charge in [-0.3, -0.25) is 4.90 Å². The Morgan fingerprint density at radius 3 is 2.57 bits per heavy atom. The highest BCUT2D eigenvalue weighted by atomic mass is 28.4. The van der Waals surface area contributed by atoms with Crippen molar-refractivity contribution in [2.24, 2.45) is 5.92 Å². The van der Waals surface area contributed by atoms with Crippen molar-refractivity contribution < 1.29 is 9.53 Å². The first-order valence-corrected chi connectivity index (χ1v) is 12.7. The molecule has 3 rings (SSSR count). The minimum absolute atomic E-state index is 0.225. The lowest BCUT2D eigenvalue weighted by Gasteiger charge is -2.50. The number of rotatable bonds is 5. The van der Waals surface area contributed by atoms with Gasteiger partial charge in [-0.1, -0.05) is 40.5 Å². The van der Waals surface area contributed by atoms with Crippen molar-refractivity contribution in [2.45, 2.75) is 115 Å². The van der Waals surface area contributed by atoms with Crippen molar-refractivity contribution in [1.29, 1.82) is 0 Å². The lowest BCUT2D eigenvalue weighted by molar-refractivity contribution is -0.0701. The van der Waals surface area contributed by atoms with Gasteiger partial charge in [-0.15, -0.1) is 0 Å². The molecule has 4 heteroatoms. The molecular weight excluding hydrogens is 302 g/mol. The SMILES string of the molecule is CCCC[C@@]12CC[C@H]3C[C@@H](O[Si](C)(C)C(C)(C)C)[C@@H]1CC(O)N32. The van der Waals surface area contributed by atoms with Crippen LogP contribution in [0, 0.1) is 5.92 Å². The van der Waals surface area contributed by atoms with Gasteiger partial charge in [0.1, 0.15) is 6.23 Å². The van der Waals surface area contributed by atoms with Crippen LogP contribution in [0.1, 0.15) is 72.6 Å². The zero-order valence-corrected chi connectivity index (χ0v) is 17.1. The molecular formula is C19H37NO2Si. The largest absolute Gasteiger partial charge is 0.414 e. The average Bonchev–Trinajstić information content (AvgIpc) is 2.83. The summed E-state index contributed by atoms with van der Waals surface area (Å²) in [6, 6.07) is 0.551. The van der Waals surface area contributed by atoms with E-state index in [1.54, 1.807) is 0 Å². The van der Waals surface area contributed by atoms with Gasteiger partial charge < -0.3 is 9.53 Å². The smallest absolute Gasteiger partial charge is 0.192 e. The van der Waals surface area contributed by atoms with Crippen molar-refractivity contribution in [1.82, 2.24) is 4.90 Å². The molecule has 2 unspecified atom stereocenters. The minimum atomic E-state index is -1.75. The third kappa shape index (κ3) is 2.74. The molecule has 3 fully saturated rings. The topological polar surface area (TPSA) is 32.7 Å². The van der Waals surface area contributed by atoms with Crippen LogP contribution < -0.4 is 0 Å². The van der Waals surface area contributed by atoms with Crippen molar-refractivity contribution in [2.75, 3.05) is 0 Å². The molecule has 3 aliphatic heterocycles. The predicted octanol–water partition coefficient (Wildman–Crippen LogP) is 4.51. The summed E-state index contributed by atoms with van der Waals surface area (Å²) in [5.41, 5.74) is 0.241. The van der Waals surface area contributed by atoms with Crippen molar-refractivity contribution in [3.63, 3.8) is 0 Å². The number of hydrogen-bond donors (Lipinski definition) is 1. The fraction of sp³-hybridized carbons (Fsp3) is 1.00. The summed E-state index contributed by atoms with van der Waals surface area (Å²) in [6.45, 7) is 14.0. The second-order valence-electron chi connectivity index (χ2n) is 9.78. The highest BCUT2D eigenvalue weighted by Gasteiger charge is 2.64. The molecule has 0 spiro atoms. The van der Waals surface area contributed by atoms with Gasteiger partial charge in [0.25, 0.3) is 0 Å². The van der Waals surface area contributed by atoms with Crippen molar-refractivity contribution in [3.05, 3.63) is 0 Å². The fourth-order valence-electron chi connectivity index (χ4n) is 5.29. The third-order valence-corrected chi connectivity index (χ3v) is 12.0. The molecule has 4 bridgehead atoms. The lowest BCUT2D eigenvalue weighted by atomic mass is 9.75. The Kier molecular flexibility index (Phi) is 4.53. The Labute approximate surface area is 143 Å². The van der Waals surface area contributed by atoms with Crippen LogP contribution in [-0.2, 0) is 4.43 Å². The Morgan fingerprint density at radius 1 is 1.26 bits per heavy atom. The highest BCUT2D eigenvalue weighted by Crippen LogP contribution is 2.58. The van der Waals surface area contributed by atoms with E-state index in [1.165, 1.54) is 32.1 Å². The summed E-state index contributed by atoms with van der Waals surface area (Å²) in [5, 5.41) is 11.0. The van der Waals surface area contributed by atoms with Crippen LogP contribution >= 0.6 is 0 Å². The van der Waals surface area contributed by atoms with Crippen molar-refractivity contribution >= 4 is 8.32 Å². The maximum atomic E-state index is 10.7. The molecule has 134 valence electrons. The first-order valence-electron chi connectivity index (χ1n) is 9.77. The molecule has 0 saturated carbocycles. The maximum Gasteiger partial charge on any atom is 0.192 e. The number of piperidine rings is 1. The third-order valence-electron chi connectivity index (χ3n) is 7.46. The second-order valence-corrected chi connectivity index (χ2v) is 14.5. The molecule has 0 aliphatic carbocycles. The molecule has 1 N–H and O–H groups in total. The first kappa shape index (κ1) is 17.9. The highest BCUT2D eigenvalue weighted by molar-refractivity contribution is 6.74. The number of aliphatic hydroxyl groups excluding tert-OH is 1. The molecule has 0 aromatic heterocycles. The van der Waals surface area contributed by atoms with E-state index in [4.69, 9.17) is 4.43 Å². The molecule has 3 nitrogen and oxygen atoms in total. The summed E-state index contributed by atoms with van der Waals surface area (Å²) in [5.74, 6) is 0.539. The number of nitrogens with zero attached hydrogens (tertiary/aromatic N) is 1. The molecule has 0 aromatic rings. The van der Waals surface area contributed by atoms with Crippen LogP contribution in [0.3, 0.4) is 0 Å². The fourth-order valence-corrected chi connectivity index (χ4v) is 6.67. The number of aliphatic hydroxyl groups is 1. The quantitative estimate of drug-likeness (QED) is 0.748. The van der Waals surface area contributed by atoms with Crippen molar-refractivity contribution in [3.8, 4) is 0 Å². The predicted molar refractivity (Wildman–Crippen MR) is 97.9 cm³/mol. The van der Waals surface area contributed by atoms with Gasteiger partial charge in [0.2, 0.25) is 0 Å². The molecule has 3 aliphatic rings. The summed E-state index contributed by atoms with van der Waals surface area (Å²) in [4.78, 5) is 2.51. The standard InChI is InChI=1S/C19H37NO2Si/c1-7-8-10-19-11-9-14-12-16(15(19)13-17(21)20(14)19)22-23(5,6)18(2,3)4/h14-17,21H,7-13H2,1-6H3/t14-,15-,16+,17?,19+/m0/s1. The van der Waals surface area contributed by atoms with Gasteiger partial charge in [0, 0.05) is 17.5 Å². The van der Waals surface area contributed by atoms with Crippen LogP contribution in [0.2, 0.25) is 18.1 Å². The van der Waals surface area contributed by atoms with Crippen LogP contribution in [0.4, 0.5) is 0 Å². The van der Waals surface area contributed by atoms with Gasteiger partial charge in [0.05, 0.1) is 6.10 Å². The Hall–Kier alpha value is 0.0969. The van der Waals surface area contributed by atoms with Gasteiger partial charge in [-0.05, 0) is 50.2 Å². The zero-order chi connectivity index (χ0) is 17.0. The summed E-state index contributed by atoms with van der Waals surface area (Å²) in [6.07, 6.45) is 8.52. The van der Waals surface area contributed by atoms with E-state index < -0.39 is 8.32 Å². The molecule has 3 heterocycles. The molecule has 0 amide bonds. The van der Waals surface area contributed by atoms with Crippen LogP contribution in [0.25, 0.3) is 0 Å². The van der Waals surface area contributed by atoms with Gasteiger partial charge >= 0.3 is 0 Å². The van der Waals surface area contributed by atoms with Crippen LogP contribution in [0.5, 0.6) is 0 Å². The Morgan fingerprint density at radius 2 is 1.96 bits per heavy atom. The van der Waals surface area contributed by atoms with E-state index in [1.807, 2.05) is 0 Å². The van der Waals surface area contributed by atoms with Gasteiger partial charge in [-0.25, -0.2) is 0 Å². The molecule has 23 heavy (non-hydrogen) atoms. The zero-order valence-electron chi connectivity index (χ0n) is 16.1. The van der Waals surface area contributed by atoms with Gasteiger partial charge in [-0.2, -0.15) is 0 Å². The van der Waals surface area contributed by atoms with Gasteiger partial charge in [0.15, 0.2) is 8.32 Å².